The molecule has 3 atom stereocenters. The zero-order valence-electron chi connectivity index (χ0n) is 11.1. The van der Waals surface area contributed by atoms with Gasteiger partial charge in [-0.2, -0.15) is 0 Å². The summed E-state index contributed by atoms with van der Waals surface area (Å²) in [5.41, 5.74) is 0.283. The summed E-state index contributed by atoms with van der Waals surface area (Å²) in [5.74, 6) is 0.151. The summed E-state index contributed by atoms with van der Waals surface area (Å²) in [6.45, 7) is 2.71. The molecule has 0 bridgehead atoms. The molecule has 104 valence electrons. The molecular weight excluding hydrogens is 247 g/mol. The number of aliphatic hydroxyl groups is 1. The van der Waals surface area contributed by atoms with Gasteiger partial charge < -0.3 is 14.6 Å². The Morgan fingerprint density at radius 1 is 1.42 bits per heavy atom. The van der Waals surface area contributed by atoms with Crippen LogP contribution in [0.15, 0.2) is 18.2 Å². The lowest BCUT2D eigenvalue weighted by Gasteiger charge is -2.45. The van der Waals surface area contributed by atoms with Crippen LogP contribution in [0.2, 0.25) is 0 Å². The minimum absolute atomic E-state index is 0.163. The average Bonchev–Trinajstić information content (AvgIpc) is 2.38. The Balaban J connectivity index is 1.90. The Hall–Kier alpha value is -1.13. The first kappa shape index (κ1) is 12.9. The molecule has 1 N–H and O–H groups in total. The van der Waals surface area contributed by atoms with E-state index in [9.17, 15) is 9.50 Å². The Kier molecular flexibility index (Phi) is 3.23. The fraction of sp³-hybridized carbons (Fsp3) is 0.600. The van der Waals surface area contributed by atoms with E-state index in [0.717, 1.165) is 19.3 Å². The highest BCUT2D eigenvalue weighted by Crippen LogP contribution is 2.45. The molecule has 0 saturated carbocycles. The van der Waals surface area contributed by atoms with E-state index in [1.54, 1.807) is 6.07 Å². The van der Waals surface area contributed by atoms with Gasteiger partial charge >= 0.3 is 0 Å². The molecule has 4 heteroatoms. The summed E-state index contributed by atoms with van der Waals surface area (Å²) in [5, 5.41) is 10.3. The van der Waals surface area contributed by atoms with E-state index in [1.807, 2.05) is 0 Å². The van der Waals surface area contributed by atoms with Crippen molar-refractivity contribution in [2.75, 3.05) is 6.61 Å². The Bertz CT molecular complexity index is 476. The third-order valence-electron chi connectivity index (χ3n) is 4.19. The lowest BCUT2D eigenvalue weighted by molar-refractivity contribution is -0.116. The van der Waals surface area contributed by atoms with Crippen LogP contribution in [-0.4, -0.2) is 23.4 Å². The number of fused-ring (bicyclic) bond motifs is 1. The van der Waals surface area contributed by atoms with Crippen molar-refractivity contribution < 1.29 is 19.0 Å². The number of rotatable bonds is 1. The van der Waals surface area contributed by atoms with Crippen molar-refractivity contribution in [1.29, 1.82) is 0 Å². The maximum Gasteiger partial charge on any atom is 0.128 e. The van der Waals surface area contributed by atoms with Crippen molar-refractivity contribution in [3.05, 3.63) is 29.6 Å². The fourth-order valence-corrected chi connectivity index (χ4v) is 3.14. The molecular formula is C15H19FO3. The zero-order chi connectivity index (χ0) is 13.5. The maximum absolute atomic E-state index is 13.3. The van der Waals surface area contributed by atoms with Crippen LogP contribution in [0.1, 0.15) is 44.3 Å². The summed E-state index contributed by atoms with van der Waals surface area (Å²) in [7, 11) is 0. The molecule has 2 aliphatic rings. The lowest BCUT2D eigenvalue weighted by Crippen LogP contribution is -2.48. The number of halogens is 1. The molecule has 1 spiro atoms. The summed E-state index contributed by atoms with van der Waals surface area (Å²) in [6, 6.07) is 4.34. The minimum atomic E-state index is -0.583. The third kappa shape index (κ3) is 2.35. The molecule has 2 aliphatic heterocycles. The minimum Gasteiger partial charge on any atom is -0.486 e. The predicted molar refractivity (Wildman–Crippen MR) is 68.6 cm³/mol. The van der Waals surface area contributed by atoms with Crippen molar-refractivity contribution in [2.45, 2.75) is 50.4 Å². The van der Waals surface area contributed by atoms with Gasteiger partial charge in [0.1, 0.15) is 17.2 Å². The standard InChI is InChI=1S/C15H19FO3/c1-2-11-8-15(5-6-18-11)9-13(17)12-4-3-10(16)7-14(12)19-15/h3-4,7,11,13,17H,2,5-6,8-9H2,1H3/t11?,13-,15?/m1/s1. The highest BCUT2D eigenvalue weighted by molar-refractivity contribution is 5.38. The number of ether oxygens (including phenoxy) is 2. The first-order valence-corrected chi connectivity index (χ1v) is 6.90. The Labute approximate surface area is 112 Å². The fourth-order valence-electron chi connectivity index (χ4n) is 3.14. The smallest absolute Gasteiger partial charge is 0.128 e. The van der Waals surface area contributed by atoms with E-state index in [4.69, 9.17) is 9.47 Å². The third-order valence-corrected chi connectivity index (χ3v) is 4.19. The molecule has 1 aromatic rings. The van der Waals surface area contributed by atoms with Gasteiger partial charge in [-0.3, -0.25) is 0 Å². The molecule has 1 saturated heterocycles. The highest BCUT2D eigenvalue weighted by Gasteiger charge is 2.44. The Morgan fingerprint density at radius 2 is 2.26 bits per heavy atom. The lowest BCUT2D eigenvalue weighted by atomic mass is 9.80. The van der Waals surface area contributed by atoms with E-state index >= 15 is 0 Å². The van der Waals surface area contributed by atoms with Crippen LogP contribution in [0.3, 0.4) is 0 Å². The second kappa shape index (κ2) is 4.76. The van der Waals surface area contributed by atoms with Gasteiger partial charge in [0.15, 0.2) is 0 Å². The van der Waals surface area contributed by atoms with E-state index in [2.05, 4.69) is 6.92 Å². The number of hydrogen-bond donors (Lipinski definition) is 1. The molecule has 2 heterocycles. The molecule has 0 aliphatic carbocycles. The summed E-state index contributed by atoms with van der Waals surface area (Å²) >= 11 is 0. The van der Waals surface area contributed by atoms with Gasteiger partial charge in [-0.25, -0.2) is 4.39 Å². The summed E-state index contributed by atoms with van der Waals surface area (Å²) < 4.78 is 25.1. The van der Waals surface area contributed by atoms with Crippen LogP contribution in [-0.2, 0) is 4.74 Å². The Morgan fingerprint density at radius 3 is 3.05 bits per heavy atom. The molecule has 1 fully saturated rings. The van der Waals surface area contributed by atoms with Gasteiger partial charge in [0, 0.05) is 30.9 Å². The molecule has 0 amide bonds. The molecule has 0 aromatic heterocycles. The van der Waals surface area contributed by atoms with E-state index < -0.39 is 11.7 Å². The topological polar surface area (TPSA) is 38.7 Å². The molecule has 0 radical (unpaired) electrons. The molecule has 19 heavy (non-hydrogen) atoms. The van der Waals surface area contributed by atoms with Gasteiger partial charge in [0.25, 0.3) is 0 Å². The van der Waals surface area contributed by atoms with Gasteiger partial charge in [0.2, 0.25) is 0 Å². The van der Waals surface area contributed by atoms with Crippen LogP contribution in [0.25, 0.3) is 0 Å². The quantitative estimate of drug-likeness (QED) is 0.849. The number of benzene rings is 1. The molecule has 3 rings (SSSR count). The van der Waals surface area contributed by atoms with Crippen molar-refractivity contribution in [1.82, 2.24) is 0 Å². The van der Waals surface area contributed by atoms with Gasteiger partial charge in [-0.05, 0) is 18.6 Å². The largest absolute Gasteiger partial charge is 0.486 e. The van der Waals surface area contributed by atoms with Crippen molar-refractivity contribution in [2.24, 2.45) is 0 Å². The number of hydrogen-bond acceptors (Lipinski definition) is 3. The molecule has 1 aromatic carbocycles. The van der Waals surface area contributed by atoms with Crippen LogP contribution in [0, 0.1) is 5.82 Å². The SMILES string of the molecule is CCC1CC2(CCO1)C[C@@H](O)c1ccc(F)cc1O2. The average molecular weight is 266 g/mol. The predicted octanol–water partition coefficient (Wildman–Crippen LogP) is 2.97. The van der Waals surface area contributed by atoms with Crippen LogP contribution >= 0.6 is 0 Å². The van der Waals surface area contributed by atoms with E-state index in [-0.39, 0.29) is 11.9 Å². The van der Waals surface area contributed by atoms with Gasteiger partial charge in [-0.1, -0.05) is 6.92 Å². The number of aliphatic hydroxyl groups excluding tert-OH is 1. The maximum atomic E-state index is 13.3. The first-order valence-electron chi connectivity index (χ1n) is 6.90. The first-order chi connectivity index (χ1) is 9.12. The summed E-state index contributed by atoms with van der Waals surface area (Å²) in [4.78, 5) is 0. The van der Waals surface area contributed by atoms with Crippen LogP contribution in [0.4, 0.5) is 4.39 Å². The van der Waals surface area contributed by atoms with Gasteiger partial charge in [-0.15, -0.1) is 0 Å². The molecule has 3 nitrogen and oxygen atoms in total. The van der Waals surface area contributed by atoms with Crippen LogP contribution < -0.4 is 4.74 Å². The van der Waals surface area contributed by atoms with Crippen molar-refractivity contribution in [3.8, 4) is 5.75 Å². The second-order valence-corrected chi connectivity index (χ2v) is 5.54. The zero-order valence-corrected chi connectivity index (χ0v) is 11.1. The van der Waals surface area contributed by atoms with Crippen molar-refractivity contribution >= 4 is 0 Å². The summed E-state index contributed by atoms with van der Waals surface area (Å²) in [6.07, 6.45) is 2.58. The molecule has 2 unspecified atom stereocenters. The van der Waals surface area contributed by atoms with E-state index in [1.165, 1.54) is 12.1 Å². The van der Waals surface area contributed by atoms with Gasteiger partial charge in [0.05, 0.1) is 18.8 Å². The second-order valence-electron chi connectivity index (χ2n) is 5.54. The van der Waals surface area contributed by atoms with Crippen molar-refractivity contribution in [3.63, 3.8) is 0 Å². The highest BCUT2D eigenvalue weighted by atomic mass is 19.1. The monoisotopic (exact) mass is 266 g/mol. The van der Waals surface area contributed by atoms with Crippen LogP contribution in [0.5, 0.6) is 5.75 Å². The van der Waals surface area contributed by atoms with E-state index in [0.29, 0.717) is 24.3 Å². The normalized spacial score (nSPS) is 33.8.